The summed E-state index contributed by atoms with van der Waals surface area (Å²) >= 11 is 0. The molecule has 70 heavy (non-hydrogen) atoms. The number of aromatic nitrogens is 2. The third-order valence-corrected chi connectivity index (χ3v) is 13.3. The summed E-state index contributed by atoms with van der Waals surface area (Å²) < 4.78 is 2.26. The second-order valence-corrected chi connectivity index (χ2v) is 17.6. The van der Waals surface area contributed by atoms with Gasteiger partial charge < -0.3 is 4.90 Å². The van der Waals surface area contributed by atoms with Crippen molar-refractivity contribution in [3.05, 3.63) is 285 Å². The monoisotopic (exact) mass is 893 g/mol. The molecular weight excluding hydrogens is 847 g/mol. The Kier molecular flexibility index (Phi) is 11.3. The number of hydrogen-bond donors (Lipinski definition) is 0. The largest absolute Gasteiger partial charge is 0.311 e. The molecule has 0 saturated heterocycles. The van der Waals surface area contributed by atoms with Crippen molar-refractivity contribution in [3.63, 3.8) is 0 Å². The van der Waals surface area contributed by atoms with Crippen LogP contribution in [0.25, 0.3) is 94.9 Å². The molecule has 0 saturated carbocycles. The van der Waals surface area contributed by atoms with Crippen LogP contribution in [0.4, 0.5) is 17.1 Å². The van der Waals surface area contributed by atoms with Crippen molar-refractivity contribution in [1.29, 1.82) is 0 Å². The Balaban J connectivity index is 0.857. The van der Waals surface area contributed by atoms with Crippen molar-refractivity contribution >= 4 is 28.1 Å². The number of fused-ring (bicyclic) bond motifs is 1. The standard InChI is InChI=1S/C67H47N3/c1-5-14-48(15-6-1)50-24-28-52(29-25-50)54-32-39-62(40-33-54)69(63-41-34-55(35-42-63)53-30-26-51(27-31-53)49-16-7-2-8-17-49)64-43-36-56(37-44-64)58-20-13-21-59(46-58)60-38-45-66-65(47-60)68-67(57-18-9-3-10-19-57)70(66)61-22-11-4-12-23-61/h1-47H. The topological polar surface area (TPSA) is 21.1 Å². The number of imidazole rings is 1. The molecule has 330 valence electrons. The SMILES string of the molecule is c1ccc(-c2ccc(-c3ccc(N(c4ccc(-c5ccc(-c6ccccc6)cc5)cc4)c4ccc(-c5cccc(-c6ccc7c(c6)nc(-c6ccccc6)n7-c6ccccc6)c5)cc4)cc3)cc2)cc1. The molecule has 0 unspecified atom stereocenters. The first-order valence-electron chi connectivity index (χ1n) is 23.8. The summed E-state index contributed by atoms with van der Waals surface area (Å²) in [4.78, 5) is 7.57. The van der Waals surface area contributed by atoms with Crippen LogP contribution in [0.2, 0.25) is 0 Å². The maximum atomic E-state index is 5.23. The molecule has 3 nitrogen and oxygen atoms in total. The van der Waals surface area contributed by atoms with Gasteiger partial charge in [0.15, 0.2) is 0 Å². The van der Waals surface area contributed by atoms with Gasteiger partial charge in [0.1, 0.15) is 5.82 Å². The zero-order valence-corrected chi connectivity index (χ0v) is 38.5. The average Bonchev–Trinajstić information content (AvgIpc) is 3.84. The number of nitrogens with zero attached hydrogens (tertiary/aromatic N) is 3. The Morgan fingerprint density at radius 1 is 0.243 bits per heavy atom. The molecule has 0 radical (unpaired) electrons. The zero-order valence-electron chi connectivity index (χ0n) is 38.5. The molecule has 1 heterocycles. The Morgan fingerprint density at radius 3 is 0.971 bits per heavy atom. The van der Waals surface area contributed by atoms with E-state index in [0.29, 0.717) is 0 Å². The third-order valence-electron chi connectivity index (χ3n) is 13.3. The Hall–Kier alpha value is -9.31. The van der Waals surface area contributed by atoms with Gasteiger partial charge in [-0.15, -0.1) is 0 Å². The number of rotatable bonds is 11. The van der Waals surface area contributed by atoms with E-state index in [-0.39, 0.29) is 0 Å². The van der Waals surface area contributed by atoms with E-state index in [1.54, 1.807) is 0 Å². The van der Waals surface area contributed by atoms with Crippen LogP contribution < -0.4 is 4.90 Å². The summed E-state index contributed by atoms with van der Waals surface area (Å²) in [6, 6.07) is 102. The average molecular weight is 894 g/mol. The molecule has 0 N–H and O–H groups in total. The minimum absolute atomic E-state index is 0.927. The summed E-state index contributed by atoms with van der Waals surface area (Å²) in [6.45, 7) is 0. The normalized spacial score (nSPS) is 11.1. The second kappa shape index (κ2) is 18.8. The molecular formula is C67H47N3. The van der Waals surface area contributed by atoms with Crippen LogP contribution in [-0.4, -0.2) is 9.55 Å². The molecule has 12 aromatic rings. The van der Waals surface area contributed by atoms with Crippen molar-refractivity contribution in [1.82, 2.24) is 9.55 Å². The lowest BCUT2D eigenvalue weighted by Crippen LogP contribution is -2.09. The first-order valence-corrected chi connectivity index (χ1v) is 23.8. The van der Waals surface area contributed by atoms with Crippen LogP contribution in [0.3, 0.4) is 0 Å². The Bertz CT molecular complexity index is 3550. The fourth-order valence-electron chi connectivity index (χ4n) is 9.58. The molecule has 3 heteroatoms. The Morgan fingerprint density at radius 2 is 0.543 bits per heavy atom. The smallest absolute Gasteiger partial charge is 0.145 e. The van der Waals surface area contributed by atoms with Gasteiger partial charge in [-0.3, -0.25) is 4.57 Å². The second-order valence-electron chi connectivity index (χ2n) is 17.6. The molecule has 0 spiro atoms. The lowest BCUT2D eigenvalue weighted by Gasteiger charge is -2.26. The quantitative estimate of drug-likeness (QED) is 0.129. The molecule has 12 rings (SSSR count). The fourth-order valence-corrected chi connectivity index (χ4v) is 9.58. The molecule has 0 fully saturated rings. The van der Waals surface area contributed by atoms with E-state index < -0.39 is 0 Å². The van der Waals surface area contributed by atoms with Gasteiger partial charge in [0.05, 0.1) is 11.0 Å². The highest BCUT2D eigenvalue weighted by atomic mass is 15.1. The van der Waals surface area contributed by atoms with Gasteiger partial charge in [0, 0.05) is 28.3 Å². The van der Waals surface area contributed by atoms with Gasteiger partial charge in [0.2, 0.25) is 0 Å². The minimum Gasteiger partial charge on any atom is -0.311 e. The number of hydrogen-bond acceptors (Lipinski definition) is 2. The Labute approximate surface area is 409 Å². The predicted octanol–water partition coefficient (Wildman–Crippen LogP) is 18.2. The molecule has 11 aromatic carbocycles. The van der Waals surface area contributed by atoms with Crippen molar-refractivity contribution in [2.75, 3.05) is 4.90 Å². The van der Waals surface area contributed by atoms with Gasteiger partial charge in [-0.25, -0.2) is 4.98 Å². The number of anilines is 3. The van der Waals surface area contributed by atoms with Crippen LogP contribution in [0, 0.1) is 0 Å². The first kappa shape index (κ1) is 42.1. The van der Waals surface area contributed by atoms with Crippen LogP contribution in [0.1, 0.15) is 0 Å². The van der Waals surface area contributed by atoms with Crippen LogP contribution >= 0.6 is 0 Å². The van der Waals surface area contributed by atoms with Crippen LogP contribution in [-0.2, 0) is 0 Å². The minimum atomic E-state index is 0.927. The van der Waals surface area contributed by atoms with Crippen LogP contribution in [0.5, 0.6) is 0 Å². The maximum Gasteiger partial charge on any atom is 0.145 e. The summed E-state index contributed by atoms with van der Waals surface area (Å²) in [7, 11) is 0. The van der Waals surface area contributed by atoms with Gasteiger partial charge in [-0.05, 0) is 133 Å². The van der Waals surface area contributed by atoms with Crippen molar-refractivity contribution in [2.24, 2.45) is 0 Å². The predicted molar refractivity (Wildman–Crippen MR) is 294 cm³/mol. The number of benzene rings is 11. The fraction of sp³-hybridized carbons (Fsp3) is 0. The van der Waals surface area contributed by atoms with E-state index in [2.05, 4.69) is 289 Å². The lowest BCUT2D eigenvalue weighted by atomic mass is 9.98. The lowest BCUT2D eigenvalue weighted by molar-refractivity contribution is 1.10. The van der Waals surface area contributed by atoms with Gasteiger partial charge >= 0.3 is 0 Å². The van der Waals surface area contributed by atoms with E-state index in [4.69, 9.17) is 4.98 Å². The molecule has 0 aliphatic heterocycles. The molecule has 1 aromatic heterocycles. The van der Waals surface area contributed by atoms with Crippen molar-refractivity contribution in [3.8, 4) is 83.8 Å². The van der Waals surface area contributed by atoms with E-state index >= 15 is 0 Å². The molecule has 0 aliphatic rings. The van der Waals surface area contributed by atoms with Gasteiger partial charge in [0.25, 0.3) is 0 Å². The summed E-state index contributed by atoms with van der Waals surface area (Å²) in [5.74, 6) is 0.927. The summed E-state index contributed by atoms with van der Waals surface area (Å²) in [5, 5.41) is 0. The number of para-hydroxylation sites is 1. The first-order chi connectivity index (χ1) is 34.7. The van der Waals surface area contributed by atoms with Gasteiger partial charge in [-0.1, -0.05) is 218 Å². The van der Waals surface area contributed by atoms with E-state index in [0.717, 1.165) is 67.4 Å². The van der Waals surface area contributed by atoms with E-state index in [9.17, 15) is 0 Å². The molecule has 0 atom stereocenters. The van der Waals surface area contributed by atoms with E-state index in [1.165, 1.54) is 44.5 Å². The molecule has 0 aliphatic carbocycles. The van der Waals surface area contributed by atoms with Gasteiger partial charge in [-0.2, -0.15) is 0 Å². The highest BCUT2D eigenvalue weighted by Crippen LogP contribution is 2.39. The highest BCUT2D eigenvalue weighted by Gasteiger charge is 2.17. The summed E-state index contributed by atoms with van der Waals surface area (Å²) in [6.07, 6.45) is 0. The summed E-state index contributed by atoms with van der Waals surface area (Å²) in [5.41, 5.74) is 21.6. The maximum absolute atomic E-state index is 5.23. The van der Waals surface area contributed by atoms with E-state index in [1.807, 2.05) is 6.07 Å². The van der Waals surface area contributed by atoms with Crippen molar-refractivity contribution in [2.45, 2.75) is 0 Å². The molecule has 0 bridgehead atoms. The van der Waals surface area contributed by atoms with Crippen molar-refractivity contribution < 1.29 is 0 Å². The third kappa shape index (κ3) is 8.49. The highest BCUT2D eigenvalue weighted by molar-refractivity contribution is 5.89. The zero-order chi connectivity index (χ0) is 46.6. The van der Waals surface area contributed by atoms with Crippen LogP contribution in [0.15, 0.2) is 285 Å². The molecule has 0 amide bonds.